The molecular weight excluding hydrogens is 941 g/mol. The number of nitrogens with two attached hydrogens (primary N) is 1. The van der Waals surface area contributed by atoms with Crippen LogP contribution in [0.1, 0.15) is 153 Å². The summed E-state index contributed by atoms with van der Waals surface area (Å²) in [4.78, 5) is 85.1. The first-order valence-electron chi connectivity index (χ1n) is 26.5. The van der Waals surface area contributed by atoms with E-state index in [0.717, 1.165) is 60.0 Å². The van der Waals surface area contributed by atoms with Gasteiger partial charge in [0, 0.05) is 43.5 Å². The molecule has 0 bridgehead atoms. The molecular formula is C56H78N10O8. The second kappa shape index (κ2) is 30.7. The van der Waals surface area contributed by atoms with E-state index < -0.39 is 48.0 Å². The van der Waals surface area contributed by atoms with Crippen LogP contribution >= 0.6 is 0 Å². The number of aromatic nitrogens is 3. The van der Waals surface area contributed by atoms with Crippen molar-refractivity contribution in [1.82, 2.24) is 35.8 Å². The lowest BCUT2D eigenvalue weighted by molar-refractivity contribution is -0.128. The lowest BCUT2D eigenvalue weighted by Crippen LogP contribution is -2.54. The highest BCUT2D eigenvalue weighted by molar-refractivity contribution is 6.09. The summed E-state index contributed by atoms with van der Waals surface area (Å²) in [6.45, 7) is 8.78. The van der Waals surface area contributed by atoms with Gasteiger partial charge in [0.15, 0.2) is 5.82 Å². The molecule has 5 rings (SSSR count). The van der Waals surface area contributed by atoms with E-state index in [-0.39, 0.29) is 31.3 Å². The van der Waals surface area contributed by atoms with Crippen LogP contribution in [0.15, 0.2) is 72.8 Å². The summed E-state index contributed by atoms with van der Waals surface area (Å²) >= 11 is 0. The van der Waals surface area contributed by atoms with Crippen molar-refractivity contribution in [3.8, 4) is 0 Å². The summed E-state index contributed by atoms with van der Waals surface area (Å²) in [6, 6.07) is 19.7. The van der Waals surface area contributed by atoms with Gasteiger partial charge in [0.05, 0.1) is 11.0 Å². The Morgan fingerprint density at radius 3 is 1.97 bits per heavy atom. The summed E-state index contributed by atoms with van der Waals surface area (Å²) in [7, 11) is 0. The Morgan fingerprint density at radius 1 is 0.689 bits per heavy atom. The number of primary amides is 1. The number of carbonyl (C=O) groups excluding carboxylic acids is 5. The summed E-state index contributed by atoms with van der Waals surface area (Å²) < 4.78 is 7.86. The Kier molecular flexibility index (Phi) is 23.9. The van der Waals surface area contributed by atoms with Gasteiger partial charge in [-0.25, -0.2) is 24.4 Å². The van der Waals surface area contributed by atoms with Crippen LogP contribution in [0.4, 0.5) is 25.9 Å². The second-order valence-corrected chi connectivity index (χ2v) is 19.3. The van der Waals surface area contributed by atoms with Crippen molar-refractivity contribution in [1.29, 1.82) is 0 Å². The molecule has 0 aliphatic rings. The molecule has 0 spiro atoms. The molecule has 74 heavy (non-hydrogen) atoms. The van der Waals surface area contributed by atoms with Gasteiger partial charge in [0.1, 0.15) is 30.0 Å². The SMILES string of the molecule is CCCCCCCCCCCCCC(=O)NCc1ccc(Cn2c(CCCC)nc3c(NC(=O)OCc4ccc(NC(=O)C(CCCNC(N)=O)NC(=O)C(NC(=O)O)C(C)C)cc4)nc4ccccc4c32)cc1. The van der Waals surface area contributed by atoms with Crippen LogP contribution in [0.5, 0.6) is 0 Å². The first-order chi connectivity index (χ1) is 35.8. The molecule has 5 aromatic rings. The van der Waals surface area contributed by atoms with Gasteiger partial charge >= 0.3 is 18.2 Å². The number of benzene rings is 3. The molecule has 400 valence electrons. The number of ether oxygens (including phenoxy) is 1. The number of nitrogens with one attached hydrogen (secondary N) is 6. The quantitative estimate of drug-likeness (QED) is 0.0189. The molecule has 0 aliphatic heterocycles. The maximum absolute atomic E-state index is 13.5. The number of nitrogens with zero attached hydrogens (tertiary/aromatic N) is 3. The number of aryl methyl sites for hydroxylation is 1. The summed E-state index contributed by atoms with van der Waals surface area (Å²) in [5.41, 5.74) is 10.3. The largest absolute Gasteiger partial charge is 0.465 e. The zero-order chi connectivity index (χ0) is 53.2. The average molecular weight is 1020 g/mol. The molecule has 3 aromatic carbocycles. The van der Waals surface area contributed by atoms with Gasteiger partial charge in [0.25, 0.3) is 0 Å². The fourth-order valence-electron chi connectivity index (χ4n) is 8.76. The standard InChI is InChI=1S/C56H78N10O8/c1-5-7-9-10-11-12-13-14-15-16-17-25-47(67)59-35-39-26-28-40(29-27-39)36-66-46(24-8-6-2)63-49-50(66)43-21-18-19-22-44(43)61-51(49)65-56(73)74-37-41-30-32-42(33-31-41)60-52(68)45(23-20-34-58-54(57)70)62-53(69)48(38(3)4)64-55(71)72/h18-19,21-22,26-33,38,45,48,64H,5-17,20,23-25,34-37H2,1-4H3,(H,59,67)(H,60,68)(H,62,69)(H,71,72)(H3,57,58,70)(H,61,65,73). The molecule has 9 N–H and O–H groups in total. The number of para-hydroxylation sites is 1. The predicted molar refractivity (Wildman–Crippen MR) is 290 cm³/mol. The monoisotopic (exact) mass is 1020 g/mol. The number of urea groups is 1. The molecule has 0 saturated carbocycles. The third-order valence-electron chi connectivity index (χ3n) is 12.9. The minimum Gasteiger partial charge on any atom is -0.465 e. The van der Waals surface area contributed by atoms with Gasteiger partial charge in [-0.3, -0.25) is 19.7 Å². The number of carboxylic acid groups (broad SMARTS) is 1. The number of unbranched alkanes of at least 4 members (excludes halogenated alkanes) is 11. The molecule has 2 aromatic heterocycles. The Labute approximate surface area is 435 Å². The van der Waals surface area contributed by atoms with Crippen LogP contribution in [0, 0.1) is 5.92 Å². The van der Waals surface area contributed by atoms with Gasteiger partial charge in [-0.15, -0.1) is 0 Å². The van der Waals surface area contributed by atoms with Crippen molar-refractivity contribution >= 4 is 69.4 Å². The lowest BCUT2D eigenvalue weighted by atomic mass is 10.0. The van der Waals surface area contributed by atoms with Gasteiger partial charge in [-0.1, -0.05) is 153 Å². The first kappa shape index (κ1) is 57.7. The first-order valence-corrected chi connectivity index (χ1v) is 26.5. The van der Waals surface area contributed by atoms with Gasteiger partial charge in [-0.05, 0) is 66.5 Å². The van der Waals surface area contributed by atoms with E-state index in [4.69, 9.17) is 20.4 Å². The van der Waals surface area contributed by atoms with E-state index in [9.17, 15) is 33.9 Å². The van der Waals surface area contributed by atoms with E-state index in [0.29, 0.717) is 48.2 Å². The Morgan fingerprint density at radius 2 is 1.32 bits per heavy atom. The van der Waals surface area contributed by atoms with E-state index in [1.807, 2.05) is 24.3 Å². The van der Waals surface area contributed by atoms with E-state index in [2.05, 4.69) is 74.6 Å². The number of carbonyl (C=O) groups is 6. The smallest absolute Gasteiger partial charge is 0.413 e. The third-order valence-corrected chi connectivity index (χ3v) is 12.9. The maximum atomic E-state index is 13.5. The van der Waals surface area contributed by atoms with E-state index in [1.165, 1.54) is 57.8 Å². The van der Waals surface area contributed by atoms with Crippen LogP contribution in [-0.2, 0) is 45.2 Å². The zero-order valence-corrected chi connectivity index (χ0v) is 43.7. The molecule has 2 unspecified atom stereocenters. The van der Waals surface area contributed by atoms with Gasteiger partial charge < -0.3 is 46.7 Å². The second-order valence-electron chi connectivity index (χ2n) is 19.3. The number of rotatable bonds is 32. The van der Waals surface area contributed by atoms with Crippen LogP contribution in [0.2, 0.25) is 0 Å². The number of fused-ring (bicyclic) bond motifs is 3. The molecule has 2 atom stereocenters. The van der Waals surface area contributed by atoms with Gasteiger partial charge in [0.2, 0.25) is 17.7 Å². The number of imidazole rings is 1. The van der Waals surface area contributed by atoms with Crippen molar-refractivity contribution in [3.05, 3.63) is 95.3 Å². The number of anilines is 2. The van der Waals surface area contributed by atoms with Crippen LogP contribution in [0.25, 0.3) is 21.9 Å². The number of hydrogen-bond donors (Lipinski definition) is 8. The number of hydrogen-bond acceptors (Lipinski definition) is 9. The van der Waals surface area contributed by atoms with Crippen LogP contribution in [-0.4, -0.2) is 74.2 Å². The highest BCUT2D eigenvalue weighted by Crippen LogP contribution is 2.32. The molecule has 7 amide bonds. The lowest BCUT2D eigenvalue weighted by Gasteiger charge is -2.24. The Balaban J connectivity index is 1.19. The fraction of sp³-hybridized carbons (Fsp3) is 0.500. The normalized spacial score (nSPS) is 12.0. The topological polar surface area (TPSA) is 261 Å². The van der Waals surface area contributed by atoms with Gasteiger partial charge in [-0.2, -0.15) is 0 Å². The maximum Gasteiger partial charge on any atom is 0.413 e. The van der Waals surface area contributed by atoms with E-state index >= 15 is 0 Å². The van der Waals surface area contributed by atoms with Crippen LogP contribution < -0.4 is 37.6 Å². The average Bonchev–Trinajstić information content (AvgIpc) is 3.74. The fourth-order valence-corrected chi connectivity index (χ4v) is 8.76. The van der Waals surface area contributed by atoms with E-state index in [1.54, 1.807) is 38.1 Å². The third kappa shape index (κ3) is 19.0. The number of amides is 7. The minimum atomic E-state index is -1.38. The minimum absolute atomic E-state index is 0.0825. The van der Waals surface area contributed by atoms with Crippen molar-refractivity contribution in [2.75, 3.05) is 17.2 Å². The molecule has 0 fully saturated rings. The molecule has 0 radical (unpaired) electrons. The summed E-state index contributed by atoms with van der Waals surface area (Å²) in [5, 5.41) is 26.1. The Bertz CT molecular complexity index is 2600. The molecule has 0 saturated heterocycles. The molecule has 0 aliphatic carbocycles. The van der Waals surface area contributed by atoms with Crippen molar-refractivity contribution < 1.29 is 38.6 Å². The van der Waals surface area contributed by atoms with Crippen molar-refractivity contribution in [2.45, 2.75) is 169 Å². The molecule has 18 heteroatoms. The highest BCUT2D eigenvalue weighted by Gasteiger charge is 2.29. The van der Waals surface area contributed by atoms with Crippen LogP contribution in [0.3, 0.4) is 0 Å². The summed E-state index contributed by atoms with van der Waals surface area (Å²) in [5.74, 6) is -0.426. The predicted octanol–water partition coefficient (Wildman–Crippen LogP) is 10.2. The summed E-state index contributed by atoms with van der Waals surface area (Å²) in [6.07, 6.45) is 15.2. The Hall–Kier alpha value is -7.24. The highest BCUT2D eigenvalue weighted by atomic mass is 16.5. The van der Waals surface area contributed by atoms with Crippen molar-refractivity contribution in [3.63, 3.8) is 0 Å². The molecule has 18 nitrogen and oxygen atoms in total. The molecule has 2 heterocycles. The van der Waals surface area contributed by atoms with Crippen molar-refractivity contribution in [2.24, 2.45) is 11.7 Å². The number of pyridine rings is 1. The zero-order valence-electron chi connectivity index (χ0n) is 43.7.